The quantitative estimate of drug-likeness (QED) is 0.729. The molecule has 0 spiro atoms. The molecule has 3 unspecified atom stereocenters. The standard InChI is InChI=1S/C11H20ClNO2/c1-8-4-3-5-11(6-8,7-14)13-10(15)9(2)12/h8-9,14H,3-7H2,1-2H3,(H,13,15). The van der Waals surface area contributed by atoms with Gasteiger partial charge in [0, 0.05) is 0 Å². The van der Waals surface area contributed by atoms with Crippen LogP contribution in [0.5, 0.6) is 0 Å². The average molecular weight is 234 g/mol. The summed E-state index contributed by atoms with van der Waals surface area (Å²) >= 11 is 5.71. The van der Waals surface area contributed by atoms with E-state index in [4.69, 9.17) is 11.6 Å². The van der Waals surface area contributed by atoms with Crippen molar-refractivity contribution in [1.82, 2.24) is 5.32 Å². The predicted octanol–water partition coefficient (Wildman–Crippen LogP) is 1.67. The van der Waals surface area contributed by atoms with Crippen LogP contribution in [0.25, 0.3) is 0 Å². The smallest absolute Gasteiger partial charge is 0.238 e. The summed E-state index contributed by atoms with van der Waals surface area (Å²) in [7, 11) is 0. The number of aliphatic hydroxyl groups excluding tert-OH is 1. The first kappa shape index (κ1) is 12.8. The minimum Gasteiger partial charge on any atom is -0.394 e. The zero-order valence-electron chi connectivity index (χ0n) is 9.42. The molecule has 3 nitrogen and oxygen atoms in total. The van der Waals surface area contributed by atoms with E-state index in [-0.39, 0.29) is 12.5 Å². The molecule has 15 heavy (non-hydrogen) atoms. The lowest BCUT2D eigenvalue weighted by Crippen LogP contribution is -2.55. The lowest BCUT2D eigenvalue weighted by molar-refractivity contribution is -0.123. The first-order valence-corrected chi connectivity index (χ1v) is 6.00. The summed E-state index contributed by atoms with van der Waals surface area (Å²) in [4.78, 5) is 11.5. The van der Waals surface area contributed by atoms with Gasteiger partial charge in [0.2, 0.25) is 5.91 Å². The summed E-state index contributed by atoms with van der Waals surface area (Å²) in [6.07, 6.45) is 3.93. The topological polar surface area (TPSA) is 49.3 Å². The van der Waals surface area contributed by atoms with Gasteiger partial charge in [-0.1, -0.05) is 19.8 Å². The number of aliphatic hydroxyl groups is 1. The van der Waals surface area contributed by atoms with Crippen LogP contribution in [0.3, 0.4) is 0 Å². The van der Waals surface area contributed by atoms with Crippen LogP contribution in [0.15, 0.2) is 0 Å². The van der Waals surface area contributed by atoms with Crippen molar-refractivity contribution in [2.75, 3.05) is 6.61 Å². The molecule has 0 bridgehead atoms. The number of hydrogen-bond donors (Lipinski definition) is 2. The third kappa shape index (κ3) is 3.35. The molecule has 4 heteroatoms. The van der Waals surface area contributed by atoms with Crippen molar-refractivity contribution >= 4 is 17.5 Å². The summed E-state index contributed by atoms with van der Waals surface area (Å²) < 4.78 is 0. The summed E-state index contributed by atoms with van der Waals surface area (Å²) in [6, 6.07) is 0. The van der Waals surface area contributed by atoms with Gasteiger partial charge in [-0.15, -0.1) is 11.6 Å². The number of rotatable bonds is 3. The fourth-order valence-electron chi connectivity index (χ4n) is 2.32. The van der Waals surface area contributed by atoms with E-state index in [1.165, 1.54) is 6.42 Å². The maximum atomic E-state index is 11.5. The second-order valence-electron chi connectivity index (χ2n) is 4.75. The summed E-state index contributed by atoms with van der Waals surface area (Å²) in [5.74, 6) is 0.372. The van der Waals surface area contributed by atoms with Crippen LogP contribution < -0.4 is 5.32 Å². The highest BCUT2D eigenvalue weighted by atomic mass is 35.5. The van der Waals surface area contributed by atoms with Gasteiger partial charge in [0.15, 0.2) is 0 Å². The van der Waals surface area contributed by atoms with Gasteiger partial charge in [-0.05, 0) is 25.7 Å². The predicted molar refractivity (Wildman–Crippen MR) is 60.9 cm³/mol. The molecular weight excluding hydrogens is 214 g/mol. The van der Waals surface area contributed by atoms with Crippen LogP contribution in [0.1, 0.15) is 39.5 Å². The van der Waals surface area contributed by atoms with Gasteiger partial charge in [-0.25, -0.2) is 0 Å². The van der Waals surface area contributed by atoms with Crippen molar-refractivity contribution in [3.8, 4) is 0 Å². The van der Waals surface area contributed by atoms with Gasteiger partial charge >= 0.3 is 0 Å². The van der Waals surface area contributed by atoms with E-state index in [9.17, 15) is 9.90 Å². The van der Waals surface area contributed by atoms with Crippen LogP contribution in [0.2, 0.25) is 0 Å². The Bertz CT molecular complexity index is 233. The third-order valence-electron chi connectivity index (χ3n) is 3.14. The maximum absolute atomic E-state index is 11.5. The van der Waals surface area contributed by atoms with Crippen LogP contribution in [0.4, 0.5) is 0 Å². The zero-order chi connectivity index (χ0) is 11.5. The molecule has 0 aromatic carbocycles. The molecule has 1 rings (SSSR count). The number of amides is 1. The number of alkyl halides is 1. The lowest BCUT2D eigenvalue weighted by Gasteiger charge is -2.39. The Kier molecular flexibility index (Phi) is 4.41. The van der Waals surface area contributed by atoms with Gasteiger partial charge < -0.3 is 10.4 Å². The van der Waals surface area contributed by atoms with Crippen LogP contribution >= 0.6 is 11.6 Å². The van der Waals surface area contributed by atoms with E-state index in [0.29, 0.717) is 5.92 Å². The largest absolute Gasteiger partial charge is 0.394 e. The van der Waals surface area contributed by atoms with E-state index in [2.05, 4.69) is 12.2 Å². The number of carbonyl (C=O) groups excluding carboxylic acids is 1. The number of nitrogens with one attached hydrogen (secondary N) is 1. The van der Waals surface area contributed by atoms with Crippen molar-refractivity contribution in [2.45, 2.75) is 50.4 Å². The molecule has 1 aliphatic carbocycles. The monoisotopic (exact) mass is 233 g/mol. The second-order valence-corrected chi connectivity index (χ2v) is 5.40. The van der Waals surface area contributed by atoms with Crippen molar-refractivity contribution in [1.29, 1.82) is 0 Å². The minimum absolute atomic E-state index is 0.00664. The molecule has 1 fully saturated rings. The van der Waals surface area contributed by atoms with Gasteiger partial charge in [-0.3, -0.25) is 4.79 Å². The third-order valence-corrected chi connectivity index (χ3v) is 3.34. The molecule has 0 aromatic heterocycles. The molecule has 88 valence electrons. The van der Waals surface area contributed by atoms with Crippen molar-refractivity contribution in [2.24, 2.45) is 5.92 Å². The molecule has 2 N–H and O–H groups in total. The Labute approximate surface area is 96.2 Å². The van der Waals surface area contributed by atoms with Gasteiger partial charge in [0.25, 0.3) is 0 Å². The van der Waals surface area contributed by atoms with E-state index in [1.807, 2.05) is 0 Å². The van der Waals surface area contributed by atoms with E-state index in [1.54, 1.807) is 6.92 Å². The summed E-state index contributed by atoms with van der Waals surface area (Å²) in [5, 5.41) is 11.8. The fraction of sp³-hybridized carbons (Fsp3) is 0.909. The first-order valence-electron chi connectivity index (χ1n) is 5.56. The molecule has 0 saturated heterocycles. The summed E-state index contributed by atoms with van der Waals surface area (Å²) in [6.45, 7) is 3.81. The second kappa shape index (κ2) is 5.17. The number of hydrogen-bond acceptors (Lipinski definition) is 2. The Balaban J connectivity index is 2.63. The van der Waals surface area contributed by atoms with Crippen LogP contribution in [-0.4, -0.2) is 28.5 Å². The van der Waals surface area contributed by atoms with Crippen molar-refractivity contribution in [3.05, 3.63) is 0 Å². The summed E-state index contributed by atoms with van der Waals surface area (Å²) in [5.41, 5.74) is -0.433. The molecule has 0 radical (unpaired) electrons. The van der Waals surface area contributed by atoms with E-state index in [0.717, 1.165) is 19.3 Å². The highest BCUT2D eigenvalue weighted by molar-refractivity contribution is 6.30. The zero-order valence-corrected chi connectivity index (χ0v) is 10.2. The van der Waals surface area contributed by atoms with E-state index < -0.39 is 10.9 Å². The first-order chi connectivity index (χ1) is 6.99. The molecule has 0 aromatic rings. The minimum atomic E-state index is -0.536. The van der Waals surface area contributed by atoms with Gasteiger partial charge in [-0.2, -0.15) is 0 Å². The highest BCUT2D eigenvalue weighted by Gasteiger charge is 2.36. The molecule has 1 amide bonds. The Hall–Kier alpha value is -0.280. The fourth-order valence-corrected chi connectivity index (χ4v) is 2.37. The molecule has 1 saturated carbocycles. The Morgan fingerprint density at radius 3 is 2.87 bits per heavy atom. The average Bonchev–Trinajstić information content (AvgIpc) is 2.17. The molecule has 0 heterocycles. The van der Waals surface area contributed by atoms with E-state index >= 15 is 0 Å². The van der Waals surface area contributed by atoms with Crippen molar-refractivity contribution in [3.63, 3.8) is 0 Å². The molecule has 0 aliphatic heterocycles. The SMILES string of the molecule is CC1CCCC(CO)(NC(=O)C(C)Cl)C1. The van der Waals surface area contributed by atoms with Gasteiger partial charge in [0.1, 0.15) is 5.38 Å². The Morgan fingerprint density at radius 2 is 2.40 bits per heavy atom. The number of carbonyl (C=O) groups is 1. The molecule has 3 atom stereocenters. The lowest BCUT2D eigenvalue weighted by atomic mass is 9.77. The maximum Gasteiger partial charge on any atom is 0.238 e. The van der Waals surface area contributed by atoms with Crippen molar-refractivity contribution < 1.29 is 9.90 Å². The normalized spacial score (nSPS) is 33.5. The van der Waals surface area contributed by atoms with Gasteiger partial charge in [0.05, 0.1) is 12.1 Å². The van der Waals surface area contributed by atoms with Crippen LogP contribution in [0, 0.1) is 5.92 Å². The molecule has 1 aliphatic rings. The van der Waals surface area contributed by atoms with Crippen LogP contribution in [-0.2, 0) is 4.79 Å². The molecular formula is C11H20ClNO2. The number of halogens is 1. The highest BCUT2D eigenvalue weighted by Crippen LogP contribution is 2.32. The Morgan fingerprint density at radius 1 is 1.73 bits per heavy atom.